The SMILES string of the molecule is Cc1ccc(C(=O)Nc2nccs2)cc1-c1nc(NCCCNC(C)C)nc2c1ccc(=O)n2-c1c(C)cccc1F. The largest absolute Gasteiger partial charge is 0.354 e. The molecule has 3 N–H and O–H groups in total. The number of carbonyl (C=O) groups is 1. The molecule has 0 unspecified atom stereocenters. The van der Waals surface area contributed by atoms with Crippen molar-refractivity contribution in [1.29, 1.82) is 0 Å². The number of aromatic nitrogens is 4. The highest BCUT2D eigenvalue weighted by Gasteiger charge is 2.20. The summed E-state index contributed by atoms with van der Waals surface area (Å²) in [5, 5.41) is 12.3. The van der Waals surface area contributed by atoms with Crippen LogP contribution in [-0.2, 0) is 0 Å². The predicted molar refractivity (Wildman–Crippen MR) is 166 cm³/mol. The average molecular weight is 586 g/mol. The molecule has 0 aliphatic heterocycles. The lowest BCUT2D eigenvalue weighted by Crippen LogP contribution is -2.25. The summed E-state index contributed by atoms with van der Waals surface area (Å²) in [6.45, 7) is 9.23. The first kappa shape index (κ1) is 29.0. The van der Waals surface area contributed by atoms with Gasteiger partial charge in [0.05, 0.1) is 11.4 Å². The zero-order valence-electron chi connectivity index (χ0n) is 23.9. The molecule has 0 bridgehead atoms. The van der Waals surface area contributed by atoms with Gasteiger partial charge in [0.15, 0.2) is 10.8 Å². The molecule has 11 heteroatoms. The van der Waals surface area contributed by atoms with Gasteiger partial charge >= 0.3 is 0 Å². The van der Waals surface area contributed by atoms with Crippen LogP contribution in [0.4, 0.5) is 15.5 Å². The highest BCUT2D eigenvalue weighted by Crippen LogP contribution is 2.32. The number of nitrogens with one attached hydrogen (secondary N) is 3. The molecule has 0 radical (unpaired) electrons. The van der Waals surface area contributed by atoms with Gasteiger partial charge in [-0.25, -0.2) is 14.4 Å². The molecule has 3 heterocycles. The lowest BCUT2D eigenvalue weighted by molar-refractivity contribution is 0.102. The van der Waals surface area contributed by atoms with E-state index in [1.807, 2.05) is 13.0 Å². The van der Waals surface area contributed by atoms with E-state index in [9.17, 15) is 9.59 Å². The molecule has 0 aliphatic rings. The van der Waals surface area contributed by atoms with Crippen molar-refractivity contribution < 1.29 is 9.18 Å². The Labute approximate surface area is 246 Å². The van der Waals surface area contributed by atoms with E-state index in [1.165, 1.54) is 28.0 Å². The minimum atomic E-state index is -0.531. The van der Waals surface area contributed by atoms with Crippen LogP contribution in [0, 0.1) is 19.7 Å². The maximum atomic E-state index is 15.2. The number of aryl methyl sites for hydroxylation is 2. The molecular formula is C31H32FN7O2S. The fourth-order valence-corrected chi connectivity index (χ4v) is 5.20. The van der Waals surface area contributed by atoms with Crippen LogP contribution < -0.4 is 21.5 Å². The first-order valence-corrected chi connectivity index (χ1v) is 14.6. The van der Waals surface area contributed by atoms with E-state index in [-0.39, 0.29) is 17.2 Å². The van der Waals surface area contributed by atoms with Gasteiger partial charge in [0.2, 0.25) is 5.95 Å². The summed E-state index contributed by atoms with van der Waals surface area (Å²) in [6.07, 6.45) is 2.44. The van der Waals surface area contributed by atoms with Gasteiger partial charge in [0, 0.05) is 46.7 Å². The number of halogens is 1. The van der Waals surface area contributed by atoms with Gasteiger partial charge in [-0.3, -0.25) is 19.5 Å². The third-order valence-corrected chi connectivity index (χ3v) is 7.45. The van der Waals surface area contributed by atoms with Crippen molar-refractivity contribution >= 4 is 39.4 Å². The van der Waals surface area contributed by atoms with Crippen molar-refractivity contribution in [2.45, 2.75) is 40.2 Å². The van der Waals surface area contributed by atoms with E-state index in [1.54, 1.807) is 48.8 Å². The zero-order chi connectivity index (χ0) is 29.8. The summed E-state index contributed by atoms with van der Waals surface area (Å²) in [7, 11) is 0. The minimum absolute atomic E-state index is 0.137. The highest BCUT2D eigenvalue weighted by atomic mass is 32.1. The lowest BCUT2D eigenvalue weighted by atomic mass is 9.99. The molecule has 0 saturated heterocycles. The van der Waals surface area contributed by atoms with E-state index in [0.29, 0.717) is 51.4 Å². The van der Waals surface area contributed by atoms with Gasteiger partial charge in [-0.15, -0.1) is 11.3 Å². The number of thiazole rings is 1. The third-order valence-electron chi connectivity index (χ3n) is 6.76. The van der Waals surface area contributed by atoms with Gasteiger partial charge in [0.1, 0.15) is 5.82 Å². The predicted octanol–water partition coefficient (Wildman–Crippen LogP) is 5.71. The van der Waals surface area contributed by atoms with Gasteiger partial charge in [-0.05, 0) is 62.2 Å². The number of hydrogen-bond donors (Lipinski definition) is 3. The molecule has 0 fully saturated rings. The fraction of sp³-hybridized carbons (Fsp3) is 0.258. The van der Waals surface area contributed by atoms with Gasteiger partial charge < -0.3 is 10.6 Å². The molecule has 3 aromatic heterocycles. The Bertz CT molecular complexity index is 1780. The number of rotatable bonds is 10. The Hall–Kier alpha value is -4.48. The molecule has 0 spiro atoms. The second kappa shape index (κ2) is 12.6. The molecular weight excluding hydrogens is 553 g/mol. The number of pyridine rings is 1. The van der Waals surface area contributed by atoms with Gasteiger partial charge in [0.25, 0.3) is 11.5 Å². The van der Waals surface area contributed by atoms with E-state index in [2.05, 4.69) is 34.8 Å². The normalized spacial score (nSPS) is 11.3. The molecule has 1 amide bonds. The van der Waals surface area contributed by atoms with Crippen LogP contribution in [0.5, 0.6) is 0 Å². The van der Waals surface area contributed by atoms with Crippen LogP contribution in [0.15, 0.2) is 64.9 Å². The molecule has 42 heavy (non-hydrogen) atoms. The van der Waals surface area contributed by atoms with Crippen LogP contribution in [0.1, 0.15) is 41.8 Å². The molecule has 5 rings (SSSR count). The number of fused-ring (bicyclic) bond motifs is 1. The molecule has 0 aliphatic carbocycles. The lowest BCUT2D eigenvalue weighted by Gasteiger charge is -2.17. The quantitative estimate of drug-likeness (QED) is 0.180. The smallest absolute Gasteiger partial charge is 0.257 e. The van der Waals surface area contributed by atoms with Gasteiger partial charge in [-0.1, -0.05) is 32.0 Å². The molecule has 0 saturated carbocycles. The standard InChI is InChI=1S/C31H32FN7O2S/c1-18(2)33-13-6-14-34-30-36-26(23-17-21(10-9-19(23)3)29(41)38-31-35-15-16-42-31)22-11-12-25(40)39(28(22)37-30)27-20(4)7-5-8-24(27)32/h5,7-12,15-18,33H,6,13-14H2,1-4H3,(H,34,36,37)(H,35,38,41). The van der Waals surface area contributed by atoms with E-state index in [0.717, 1.165) is 18.5 Å². The average Bonchev–Trinajstić information content (AvgIpc) is 3.46. The minimum Gasteiger partial charge on any atom is -0.354 e. The maximum absolute atomic E-state index is 15.2. The molecule has 216 valence electrons. The van der Waals surface area contributed by atoms with Crippen LogP contribution >= 0.6 is 11.3 Å². The number of para-hydroxylation sites is 1. The second-order valence-corrected chi connectivity index (χ2v) is 11.2. The number of carbonyl (C=O) groups excluding carboxylic acids is 1. The number of benzene rings is 2. The highest BCUT2D eigenvalue weighted by molar-refractivity contribution is 7.13. The van der Waals surface area contributed by atoms with Crippen molar-refractivity contribution in [3.63, 3.8) is 0 Å². The van der Waals surface area contributed by atoms with Gasteiger partial charge in [-0.2, -0.15) is 4.98 Å². The summed E-state index contributed by atoms with van der Waals surface area (Å²) in [5.41, 5.74) is 3.08. The van der Waals surface area contributed by atoms with E-state index < -0.39 is 11.4 Å². The molecule has 2 aromatic carbocycles. The Morgan fingerprint density at radius 1 is 1.05 bits per heavy atom. The summed E-state index contributed by atoms with van der Waals surface area (Å²) in [6, 6.07) is 13.4. The van der Waals surface area contributed by atoms with Crippen molar-refractivity contribution in [2.24, 2.45) is 0 Å². The van der Waals surface area contributed by atoms with Crippen LogP contribution in [-0.4, -0.2) is 44.6 Å². The monoisotopic (exact) mass is 585 g/mol. The maximum Gasteiger partial charge on any atom is 0.257 e. The second-order valence-electron chi connectivity index (χ2n) is 10.3. The summed E-state index contributed by atoms with van der Waals surface area (Å²) >= 11 is 1.33. The van der Waals surface area contributed by atoms with Crippen molar-refractivity contribution in [1.82, 2.24) is 24.8 Å². The molecule has 0 atom stereocenters. The summed E-state index contributed by atoms with van der Waals surface area (Å²) in [5.74, 6) is -0.539. The van der Waals surface area contributed by atoms with Crippen LogP contribution in [0.3, 0.4) is 0 Å². The first-order chi connectivity index (χ1) is 20.2. The van der Waals surface area contributed by atoms with E-state index >= 15 is 4.39 Å². The fourth-order valence-electron chi connectivity index (χ4n) is 4.67. The third kappa shape index (κ3) is 6.22. The van der Waals surface area contributed by atoms with E-state index in [4.69, 9.17) is 9.97 Å². The zero-order valence-corrected chi connectivity index (χ0v) is 24.7. The first-order valence-electron chi connectivity index (χ1n) is 13.7. The number of nitrogens with zero attached hydrogens (tertiary/aromatic N) is 4. The number of amides is 1. The summed E-state index contributed by atoms with van der Waals surface area (Å²) in [4.78, 5) is 40.0. The van der Waals surface area contributed by atoms with Crippen molar-refractivity contribution in [2.75, 3.05) is 23.7 Å². The van der Waals surface area contributed by atoms with Crippen LogP contribution in [0.2, 0.25) is 0 Å². The molecule has 9 nitrogen and oxygen atoms in total. The van der Waals surface area contributed by atoms with Crippen molar-refractivity contribution in [3.05, 3.63) is 93.0 Å². The topological polar surface area (TPSA) is 114 Å². The Morgan fingerprint density at radius 2 is 1.88 bits per heavy atom. The Kier molecular flexibility index (Phi) is 8.69. The number of anilines is 2. The Balaban J connectivity index is 1.66. The summed E-state index contributed by atoms with van der Waals surface area (Å²) < 4.78 is 16.5. The van der Waals surface area contributed by atoms with Crippen molar-refractivity contribution in [3.8, 4) is 16.9 Å². The number of hydrogen-bond acceptors (Lipinski definition) is 8. The Morgan fingerprint density at radius 3 is 2.62 bits per heavy atom. The molecule has 5 aromatic rings. The van der Waals surface area contributed by atoms with Crippen LogP contribution in [0.25, 0.3) is 28.0 Å².